The molecule has 0 fully saturated rings. The van der Waals surface area contributed by atoms with Gasteiger partial charge in [-0.25, -0.2) is 9.97 Å². The van der Waals surface area contributed by atoms with Crippen LogP contribution >= 0.6 is 0 Å². The minimum Gasteiger partial charge on any atom is -0.395 e. The van der Waals surface area contributed by atoms with Crippen LogP contribution in [0.2, 0.25) is 0 Å². The fraction of sp³-hybridized carbons (Fsp3) is 0.222. The summed E-state index contributed by atoms with van der Waals surface area (Å²) >= 11 is 0. The van der Waals surface area contributed by atoms with E-state index in [-0.39, 0.29) is 18.2 Å². The highest BCUT2D eigenvalue weighted by Gasteiger charge is 2.30. The number of imidazole rings is 2. The van der Waals surface area contributed by atoms with Gasteiger partial charge in [-0.1, -0.05) is 25.1 Å². The van der Waals surface area contributed by atoms with E-state index in [0.29, 0.717) is 40.9 Å². The Hall–Kier alpha value is -4.22. The molecule has 38 heavy (non-hydrogen) atoms. The first-order valence-electron chi connectivity index (χ1n) is 12.0. The number of rotatable bonds is 8. The zero-order valence-corrected chi connectivity index (χ0v) is 20.5. The number of carbonyl (C=O) groups is 1. The molecule has 3 aromatic heterocycles. The minimum atomic E-state index is -4.43. The number of alkyl halides is 3. The number of H-pyrrole nitrogens is 1. The molecular formula is C27H25F3N6O2. The predicted molar refractivity (Wildman–Crippen MR) is 138 cm³/mol. The number of hydrogen-bond acceptors (Lipinski definition) is 5. The summed E-state index contributed by atoms with van der Waals surface area (Å²) in [6, 6.07) is 14.0. The van der Waals surface area contributed by atoms with E-state index in [0.717, 1.165) is 24.2 Å². The molecule has 0 aliphatic rings. The molecule has 5 rings (SSSR count). The lowest BCUT2D eigenvalue weighted by atomic mass is 10.0. The van der Waals surface area contributed by atoms with Gasteiger partial charge in [-0.3, -0.25) is 15.0 Å². The van der Waals surface area contributed by atoms with Crippen molar-refractivity contribution in [2.24, 2.45) is 0 Å². The molecule has 0 spiro atoms. The smallest absolute Gasteiger partial charge is 0.395 e. The van der Waals surface area contributed by atoms with E-state index < -0.39 is 17.6 Å². The topological polar surface area (TPSA) is 98.5 Å². The summed E-state index contributed by atoms with van der Waals surface area (Å²) in [5.41, 5.74) is 3.22. The number of likely N-dealkylation sites (N-methyl/N-ethyl adjacent to an activating group) is 1. The van der Waals surface area contributed by atoms with E-state index in [4.69, 9.17) is 0 Å². The van der Waals surface area contributed by atoms with Crippen molar-refractivity contribution in [3.05, 3.63) is 83.8 Å². The highest BCUT2D eigenvalue weighted by atomic mass is 19.4. The number of nitrogens with zero attached hydrogens (tertiary/aromatic N) is 4. The van der Waals surface area contributed by atoms with Crippen LogP contribution in [0, 0.1) is 0 Å². The van der Waals surface area contributed by atoms with Crippen LogP contribution in [0.4, 0.5) is 19.1 Å². The third-order valence-corrected chi connectivity index (χ3v) is 6.27. The number of halogens is 3. The Bertz CT molecular complexity index is 1610. The lowest BCUT2D eigenvalue weighted by Crippen LogP contribution is -2.26. The van der Waals surface area contributed by atoms with Gasteiger partial charge in [-0.15, -0.1) is 0 Å². The molecule has 11 heteroatoms. The standard InChI is InChI=1S/C27H25F3N6O2/c1-2-35(10-11-37)15-17-8-9-36-16-23(31-24(36)12-17)25(38)34-26-32-21-7-6-19(14-22(21)33-26)18-4-3-5-20(13-18)27(28,29)30/h3-9,12-14,16,37H,2,10-11,15H2,1H3,(H2,32,33,34,38). The SMILES string of the molecule is CCN(CCO)Cc1ccn2cc(C(=O)Nc3nc4cc(-c5cccc(C(F)(F)F)c5)ccc4[nH]3)nc2c1. The molecular weight excluding hydrogens is 497 g/mol. The Balaban J connectivity index is 1.34. The van der Waals surface area contributed by atoms with Gasteiger partial charge >= 0.3 is 6.18 Å². The first-order chi connectivity index (χ1) is 18.2. The summed E-state index contributed by atoms with van der Waals surface area (Å²) in [6.45, 7) is 4.13. The third kappa shape index (κ3) is 5.38. The van der Waals surface area contributed by atoms with Crippen LogP contribution < -0.4 is 5.32 Å². The summed E-state index contributed by atoms with van der Waals surface area (Å²) in [5.74, 6) is -0.255. The second kappa shape index (κ2) is 10.3. The van der Waals surface area contributed by atoms with Gasteiger partial charge in [0.15, 0.2) is 0 Å². The van der Waals surface area contributed by atoms with Gasteiger partial charge in [0.05, 0.1) is 23.2 Å². The second-order valence-electron chi connectivity index (χ2n) is 8.87. The number of amides is 1. The van der Waals surface area contributed by atoms with Crippen molar-refractivity contribution < 1.29 is 23.1 Å². The molecule has 0 unspecified atom stereocenters. The van der Waals surface area contributed by atoms with Crippen molar-refractivity contribution >= 4 is 28.5 Å². The maximum absolute atomic E-state index is 13.1. The van der Waals surface area contributed by atoms with Crippen molar-refractivity contribution in [1.29, 1.82) is 0 Å². The zero-order chi connectivity index (χ0) is 26.9. The number of pyridine rings is 1. The Morgan fingerprint density at radius 2 is 1.92 bits per heavy atom. The molecule has 0 aliphatic heterocycles. The molecule has 0 bridgehead atoms. The number of carbonyl (C=O) groups excluding carboxylic acids is 1. The summed E-state index contributed by atoms with van der Waals surface area (Å²) < 4.78 is 41.1. The van der Waals surface area contributed by atoms with E-state index in [1.807, 2.05) is 25.3 Å². The Labute approximate surface area is 215 Å². The third-order valence-electron chi connectivity index (χ3n) is 6.27. The van der Waals surface area contributed by atoms with Crippen LogP contribution in [-0.2, 0) is 12.7 Å². The van der Waals surface area contributed by atoms with Gasteiger partial charge in [0.1, 0.15) is 11.3 Å². The quantitative estimate of drug-likeness (QED) is 0.268. The summed E-state index contributed by atoms with van der Waals surface area (Å²) in [6.07, 6.45) is -0.981. The van der Waals surface area contributed by atoms with Gasteiger partial charge in [-0.05, 0) is 59.6 Å². The number of aromatic nitrogens is 4. The minimum absolute atomic E-state index is 0.0815. The molecule has 3 heterocycles. The Morgan fingerprint density at radius 1 is 1.11 bits per heavy atom. The number of aliphatic hydroxyl groups is 1. The van der Waals surface area contributed by atoms with Crippen LogP contribution in [0.25, 0.3) is 27.8 Å². The fourth-order valence-electron chi connectivity index (χ4n) is 4.27. The van der Waals surface area contributed by atoms with E-state index >= 15 is 0 Å². The van der Waals surface area contributed by atoms with Crippen LogP contribution in [0.1, 0.15) is 28.5 Å². The lowest BCUT2D eigenvalue weighted by molar-refractivity contribution is -0.137. The largest absolute Gasteiger partial charge is 0.416 e. The number of anilines is 1. The number of nitrogens with one attached hydrogen (secondary N) is 2. The van der Waals surface area contributed by atoms with E-state index in [1.54, 1.807) is 34.9 Å². The highest BCUT2D eigenvalue weighted by Crippen LogP contribution is 2.33. The van der Waals surface area contributed by atoms with Crippen LogP contribution in [0.5, 0.6) is 0 Å². The van der Waals surface area contributed by atoms with Crippen LogP contribution in [0.3, 0.4) is 0 Å². The second-order valence-corrected chi connectivity index (χ2v) is 8.87. The molecule has 0 aliphatic carbocycles. The van der Waals surface area contributed by atoms with Crippen molar-refractivity contribution in [3.8, 4) is 11.1 Å². The fourth-order valence-corrected chi connectivity index (χ4v) is 4.27. The summed E-state index contributed by atoms with van der Waals surface area (Å²) in [4.78, 5) is 26.8. The molecule has 0 radical (unpaired) electrons. The van der Waals surface area contributed by atoms with Crippen LogP contribution in [-0.4, -0.2) is 55.0 Å². The molecule has 0 saturated heterocycles. The van der Waals surface area contributed by atoms with Gasteiger partial charge in [0, 0.05) is 25.5 Å². The lowest BCUT2D eigenvalue weighted by Gasteiger charge is -2.18. The van der Waals surface area contributed by atoms with E-state index in [9.17, 15) is 23.1 Å². The van der Waals surface area contributed by atoms with Crippen molar-refractivity contribution in [2.45, 2.75) is 19.6 Å². The zero-order valence-electron chi connectivity index (χ0n) is 20.5. The normalized spacial score (nSPS) is 12.1. The monoisotopic (exact) mass is 522 g/mol. The van der Waals surface area contributed by atoms with Crippen molar-refractivity contribution in [2.75, 3.05) is 25.0 Å². The molecule has 196 valence electrons. The molecule has 8 nitrogen and oxygen atoms in total. The Morgan fingerprint density at radius 3 is 2.68 bits per heavy atom. The number of benzene rings is 2. The highest BCUT2D eigenvalue weighted by molar-refractivity contribution is 6.03. The summed E-state index contributed by atoms with van der Waals surface area (Å²) in [7, 11) is 0. The molecule has 2 aromatic carbocycles. The first kappa shape index (κ1) is 25.4. The Kier molecular flexibility index (Phi) is 6.87. The number of fused-ring (bicyclic) bond motifs is 2. The molecule has 0 saturated carbocycles. The number of aliphatic hydroxyl groups excluding tert-OH is 1. The van der Waals surface area contributed by atoms with Crippen molar-refractivity contribution in [3.63, 3.8) is 0 Å². The maximum atomic E-state index is 13.1. The molecule has 3 N–H and O–H groups in total. The average molecular weight is 523 g/mol. The average Bonchev–Trinajstić information content (AvgIpc) is 3.50. The van der Waals surface area contributed by atoms with Gasteiger partial charge in [0.2, 0.25) is 5.95 Å². The number of hydrogen-bond donors (Lipinski definition) is 3. The maximum Gasteiger partial charge on any atom is 0.416 e. The van der Waals surface area contributed by atoms with Crippen molar-refractivity contribution in [1.82, 2.24) is 24.3 Å². The molecule has 5 aromatic rings. The van der Waals surface area contributed by atoms with Gasteiger partial charge < -0.3 is 14.5 Å². The molecule has 1 amide bonds. The van der Waals surface area contributed by atoms with E-state index in [2.05, 4.69) is 25.2 Å². The van der Waals surface area contributed by atoms with E-state index in [1.165, 1.54) is 6.07 Å². The van der Waals surface area contributed by atoms with Gasteiger partial charge in [0.25, 0.3) is 5.91 Å². The van der Waals surface area contributed by atoms with Gasteiger partial charge in [-0.2, -0.15) is 13.2 Å². The molecule has 0 atom stereocenters. The first-order valence-corrected chi connectivity index (χ1v) is 12.0. The predicted octanol–water partition coefficient (Wildman–Crippen LogP) is 4.96. The summed E-state index contributed by atoms with van der Waals surface area (Å²) in [5, 5.41) is 11.9. The van der Waals surface area contributed by atoms with Crippen LogP contribution in [0.15, 0.2) is 67.0 Å². The number of aromatic amines is 1.